The van der Waals surface area contributed by atoms with Gasteiger partial charge in [0, 0.05) is 18.3 Å². The lowest BCUT2D eigenvalue weighted by Gasteiger charge is -1.99. The molecule has 0 aliphatic heterocycles. The molecule has 0 spiro atoms. The van der Waals surface area contributed by atoms with Crippen LogP contribution in [0.25, 0.3) is 0 Å². The van der Waals surface area contributed by atoms with Crippen LogP contribution in [0.2, 0.25) is 0 Å². The maximum Gasteiger partial charge on any atom is 0.287 e. The molecule has 0 aromatic carbocycles. The Kier molecular flexibility index (Phi) is 3.01. The zero-order valence-electron chi connectivity index (χ0n) is 8.79. The van der Waals surface area contributed by atoms with E-state index in [1.54, 1.807) is 18.3 Å². The van der Waals surface area contributed by atoms with Gasteiger partial charge in [0.1, 0.15) is 0 Å². The van der Waals surface area contributed by atoms with E-state index in [1.165, 1.54) is 16.7 Å². The van der Waals surface area contributed by atoms with Crippen molar-refractivity contribution in [1.82, 2.24) is 15.1 Å². The van der Waals surface area contributed by atoms with Crippen molar-refractivity contribution in [2.24, 2.45) is 5.84 Å². The Bertz CT molecular complexity index is 587. The molecular weight excluding hydrogens is 224 g/mol. The first-order valence-electron chi connectivity index (χ1n) is 4.82. The van der Waals surface area contributed by atoms with Crippen LogP contribution in [-0.2, 0) is 6.54 Å². The Morgan fingerprint density at radius 1 is 1.53 bits per heavy atom. The molecule has 2 aromatic heterocycles. The largest absolute Gasteiger partial charge is 0.359 e. The summed E-state index contributed by atoms with van der Waals surface area (Å²) in [5.41, 5.74) is 1.86. The Hall–Kier alpha value is -2.41. The number of hydrogen-bond donors (Lipinski definition) is 2. The first-order valence-corrected chi connectivity index (χ1v) is 4.82. The van der Waals surface area contributed by atoms with E-state index >= 15 is 0 Å². The summed E-state index contributed by atoms with van der Waals surface area (Å²) in [6.45, 7) is 0.213. The third kappa shape index (κ3) is 2.40. The highest BCUT2D eigenvalue weighted by atomic mass is 16.5. The number of hydrazine groups is 1. The molecule has 7 heteroatoms. The van der Waals surface area contributed by atoms with Crippen molar-refractivity contribution < 1.29 is 9.32 Å². The van der Waals surface area contributed by atoms with Crippen molar-refractivity contribution in [2.45, 2.75) is 6.54 Å². The molecule has 2 heterocycles. The fourth-order valence-corrected chi connectivity index (χ4v) is 1.33. The lowest BCUT2D eigenvalue weighted by atomic mass is 10.3. The summed E-state index contributed by atoms with van der Waals surface area (Å²) in [4.78, 5) is 22.5. The molecule has 0 saturated carbocycles. The Balaban J connectivity index is 2.20. The lowest BCUT2D eigenvalue weighted by Crippen LogP contribution is -2.30. The molecule has 0 aliphatic carbocycles. The van der Waals surface area contributed by atoms with E-state index in [0.717, 1.165) is 0 Å². The van der Waals surface area contributed by atoms with Gasteiger partial charge < -0.3 is 9.09 Å². The number of nitrogens with one attached hydrogen (secondary N) is 1. The van der Waals surface area contributed by atoms with Crippen LogP contribution in [0, 0.1) is 0 Å². The van der Waals surface area contributed by atoms with E-state index in [0.29, 0.717) is 5.76 Å². The first-order chi connectivity index (χ1) is 8.20. The van der Waals surface area contributed by atoms with Crippen molar-refractivity contribution in [1.29, 1.82) is 0 Å². The Morgan fingerprint density at radius 2 is 2.35 bits per heavy atom. The molecule has 0 fully saturated rings. The van der Waals surface area contributed by atoms with Gasteiger partial charge in [0.2, 0.25) is 0 Å². The number of nitrogens with zero attached hydrogens (tertiary/aromatic N) is 2. The van der Waals surface area contributed by atoms with Gasteiger partial charge in [0.15, 0.2) is 11.5 Å². The van der Waals surface area contributed by atoms with E-state index in [-0.39, 0.29) is 17.8 Å². The molecule has 17 heavy (non-hydrogen) atoms. The van der Waals surface area contributed by atoms with Gasteiger partial charge in [-0.2, -0.15) is 0 Å². The van der Waals surface area contributed by atoms with Gasteiger partial charge in [0.05, 0.1) is 6.54 Å². The van der Waals surface area contributed by atoms with Gasteiger partial charge in [-0.05, 0) is 6.07 Å². The minimum Gasteiger partial charge on any atom is -0.359 e. The summed E-state index contributed by atoms with van der Waals surface area (Å²) < 4.78 is 6.36. The van der Waals surface area contributed by atoms with Crippen LogP contribution in [0.15, 0.2) is 39.8 Å². The second-order valence-electron chi connectivity index (χ2n) is 3.32. The van der Waals surface area contributed by atoms with Crippen LogP contribution in [0.3, 0.4) is 0 Å². The fraction of sp³-hybridized carbons (Fsp3) is 0.100. The molecule has 2 aromatic rings. The van der Waals surface area contributed by atoms with Crippen LogP contribution in [0.5, 0.6) is 0 Å². The van der Waals surface area contributed by atoms with Crippen molar-refractivity contribution in [2.75, 3.05) is 0 Å². The molecule has 0 unspecified atom stereocenters. The highest BCUT2D eigenvalue weighted by molar-refractivity contribution is 5.91. The molecule has 0 bridgehead atoms. The summed E-state index contributed by atoms with van der Waals surface area (Å²) in [6, 6.07) is 6.24. The number of pyridine rings is 1. The van der Waals surface area contributed by atoms with Gasteiger partial charge in [-0.15, -0.1) is 0 Å². The second kappa shape index (κ2) is 4.62. The minimum atomic E-state index is -0.541. The fourth-order valence-electron chi connectivity index (χ4n) is 1.33. The molecule has 2 rings (SSSR count). The predicted octanol–water partition coefficient (Wildman–Crippen LogP) is -0.512. The van der Waals surface area contributed by atoms with Crippen LogP contribution < -0.4 is 16.8 Å². The van der Waals surface area contributed by atoms with Gasteiger partial charge in [-0.25, -0.2) is 5.84 Å². The van der Waals surface area contributed by atoms with E-state index in [2.05, 4.69) is 5.16 Å². The van der Waals surface area contributed by atoms with Gasteiger partial charge in [-0.1, -0.05) is 11.2 Å². The molecule has 88 valence electrons. The van der Waals surface area contributed by atoms with Crippen molar-refractivity contribution in [3.63, 3.8) is 0 Å². The number of aromatic nitrogens is 2. The Labute approximate surface area is 95.8 Å². The molecule has 0 saturated heterocycles. The van der Waals surface area contributed by atoms with Gasteiger partial charge >= 0.3 is 0 Å². The highest BCUT2D eigenvalue weighted by Gasteiger charge is 2.11. The lowest BCUT2D eigenvalue weighted by molar-refractivity contribution is 0.0944. The Morgan fingerprint density at radius 3 is 3.06 bits per heavy atom. The molecular formula is C10H10N4O3. The van der Waals surface area contributed by atoms with E-state index in [9.17, 15) is 9.59 Å². The number of hydrogen-bond acceptors (Lipinski definition) is 5. The molecule has 0 atom stereocenters. The molecule has 1 amide bonds. The summed E-state index contributed by atoms with van der Waals surface area (Å²) in [5.74, 6) is 4.81. The average molecular weight is 234 g/mol. The minimum absolute atomic E-state index is 0.0754. The maximum absolute atomic E-state index is 11.4. The van der Waals surface area contributed by atoms with Crippen LogP contribution in [-0.4, -0.2) is 15.6 Å². The van der Waals surface area contributed by atoms with Crippen LogP contribution in [0.4, 0.5) is 0 Å². The summed E-state index contributed by atoms with van der Waals surface area (Å²) in [5, 5.41) is 3.53. The highest BCUT2D eigenvalue weighted by Crippen LogP contribution is 2.04. The summed E-state index contributed by atoms with van der Waals surface area (Å²) >= 11 is 0. The zero-order chi connectivity index (χ0) is 12.3. The number of carbonyl (C=O) groups is 1. The second-order valence-corrected chi connectivity index (χ2v) is 3.32. The zero-order valence-corrected chi connectivity index (χ0v) is 8.79. The van der Waals surface area contributed by atoms with Crippen molar-refractivity contribution >= 4 is 5.91 Å². The first kappa shape index (κ1) is 11.1. The van der Waals surface area contributed by atoms with Crippen LogP contribution >= 0.6 is 0 Å². The maximum atomic E-state index is 11.4. The van der Waals surface area contributed by atoms with Crippen molar-refractivity contribution in [3.05, 3.63) is 52.3 Å². The average Bonchev–Trinajstić information content (AvgIpc) is 2.80. The molecule has 7 nitrogen and oxygen atoms in total. The summed E-state index contributed by atoms with van der Waals surface area (Å²) in [6.07, 6.45) is 1.62. The third-order valence-corrected chi connectivity index (χ3v) is 2.15. The number of nitrogens with two attached hydrogens (primary N) is 1. The number of rotatable bonds is 3. The molecule has 0 aliphatic rings. The number of carbonyl (C=O) groups excluding carboxylic acids is 1. The number of nitrogen functional groups attached to an aromatic ring is 1. The third-order valence-electron chi connectivity index (χ3n) is 2.15. The predicted molar refractivity (Wildman–Crippen MR) is 58.0 cm³/mol. The van der Waals surface area contributed by atoms with E-state index in [1.807, 2.05) is 5.43 Å². The molecule has 3 N–H and O–H groups in total. The SMILES string of the molecule is NNC(=O)c1cc(Cn2ccccc2=O)on1. The van der Waals surface area contributed by atoms with Crippen molar-refractivity contribution in [3.8, 4) is 0 Å². The smallest absolute Gasteiger partial charge is 0.287 e. The number of amides is 1. The quantitative estimate of drug-likeness (QED) is 0.423. The van der Waals surface area contributed by atoms with Gasteiger partial charge in [-0.3, -0.25) is 15.0 Å². The molecule has 0 radical (unpaired) electrons. The monoisotopic (exact) mass is 234 g/mol. The van der Waals surface area contributed by atoms with Gasteiger partial charge in [0.25, 0.3) is 11.5 Å². The normalized spacial score (nSPS) is 10.2. The summed E-state index contributed by atoms with van der Waals surface area (Å²) in [7, 11) is 0. The van der Waals surface area contributed by atoms with E-state index in [4.69, 9.17) is 10.4 Å². The topological polar surface area (TPSA) is 103 Å². The van der Waals surface area contributed by atoms with Crippen LogP contribution in [0.1, 0.15) is 16.2 Å². The van der Waals surface area contributed by atoms with E-state index < -0.39 is 5.91 Å². The standard InChI is InChI=1S/C10H10N4O3/c11-12-10(16)8-5-7(17-13-8)6-14-4-2-1-3-9(14)15/h1-5H,6,11H2,(H,12,16).